The van der Waals surface area contributed by atoms with E-state index in [1.54, 1.807) is 6.92 Å². The number of ether oxygens (including phenoxy) is 4. The van der Waals surface area contributed by atoms with Gasteiger partial charge in [0, 0.05) is 24.9 Å². The molecule has 5 rings (SSSR count). The maximum absolute atomic E-state index is 11.7. The number of carbonyl (C=O) groups is 1. The zero-order chi connectivity index (χ0) is 25.6. The Balaban J connectivity index is 1.16. The molecule has 0 fully saturated rings. The van der Waals surface area contributed by atoms with E-state index in [1.807, 2.05) is 84.7 Å². The number of aromatic nitrogens is 1. The van der Waals surface area contributed by atoms with E-state index in [9.17, 15) is 4.79 Å². The molecule has 4 aromatic rings. The summed E-state index contributed by atoms with van der Waals surface area (Å²) in [5.41, 5.74) is 3.80. The Labute approximate surface area is 216 Å². The third kappa shape index (κ3) is 5.94. The fraction of sp³-hybridized carbons (Fsp3) is 0.267. The Hall–Kier alpha value is -4.26. The molecule has 7 nitrogen and oxygen atoms in total. The Morgan fingerprint density at radius 1 is 0.946 bits per heavy atom. The highest BCUT2D eigenvalue weighted by molar-refractivity contribution is 5.78. The fourth-order valence-corrected chi connectivity index (χ4v) is 4.32. The molecule has 0 unspecified atom stereocenters. The number of carbonyl (C=O) groups excluding carboxylic acids is 1. The van der Waals surface area contributed by atoms with E-state index < -0.39 is 0 Å². The molecule has 190 valence electrons. The number of anilines is 1. The van der Waals surface area contributed by atoms with Crippen LogP contribution in [0.5, 0.6) is 17.2 Å². The van der Waals surface area contributed by atoms with Gasteiger partial charge in [-0.25, -0.2) is 4.98 Å². The third-order valence-electron chi connectivity index (χ3n) is 6.25. The van der Waals surface area contributed by atoms with Crippen LogP contribution in [0.4, 0.5) is 5.69 Å². The summed E-state index contributed by atoms with van der Waals surface area (Å²) in [6.07, 6.45) is 0.664. The molecule has 0 saturated heterocycles. The number of fused-ring (bicyclic) bond motifs is 2. The molecule has 1 aliphatic heterocycles. The van der Waals surface area contributed by atoms with Crippen LogP contribution >= 0.6 is 0 Å². The van der Waals surface area contributed by atoms with Crippen molar-refractivity contribution in [2.75, 3.05) is 18.6 Å². The Morgan fingerprint density at radius 2 is 1.78 bits per heavy atom. The SMILES string of the molecule is CCOC(=O)CC[C@@H]1Oc2cc(OCc3cccc(OCc4ccc5ccccc5n4)c3)ccc2N1C. The highest BCUT2D eigenvalue weighted by Gasteiger charge is 2.28. The molecule has 0 radical (unpaired) electrons. The van der Waals surface area contributed by atoms with Crippen LogP contribution in [-0.2, 0) is 22.7 Å². The molecular formula is C30H30N2O5. The summed E-state index contributed by atoms with van der Waals surface area (Å²) >= 11 is 0. The van der Waals surface area contributed by atoms with Crippen LogP contribution in [-0.4, -0.2) is 30.8 Å². The molecule has 0 amide bonds. The summed E-state index contributed by atoms with van der Waals surface area (Å²) in [6.45, 7) is 2.98. The van der Waals surface area contributed by atoms with Gasteiger partial charge in [-0.3, -0.25) is 4.79 Å². The predicted octanol–water partition coefficient (Wildman–Crippen LogP) is 5.89. The van der Waals surface area contributed by atoms with Gasteiger partial charge < -0.3 is 23.8 Å². The maximum Gasteiger partial charge on any atom is 0.305 e. The number of para-hydroxylation sites is 1. The number of pyridine rings is 1. The van der Waals surface area contributed by atoms with Crippen LogP contribution in [0.3, 0.4) is 0 Å². The molecule has 3 aromatic carbocycles. The second-order valence-electron chi connectivity index (χ2n) is 8.88. The quantitative estimate of drug-likeness (QED) is 0.253. The van der Waals surface area contributed by atoms with Crippen LogP contribution in [0.15, 0.2) is 78.9 Å². The summed E-state index contributed by atoms with van der Waals surface area (Å²) in [5, 5.41) is 1.11. The highest BCUT2D eigenvalue weighted by Crippen LogP contribution is 2.40. The average Bonchev–Trinajstić information content (AvgIpc) is 3.24. The smallest absolute Gasteiger partial charge is 0.305 e. The van der Waals surface area contributed by atoms with Gasteiger partial charge in [0.05, 0.1) is 29.9 Å². The molecule has 0 N–H and O–H groups in total. The molecule has 7 heteroatoms. The van der Waals surface area contributed by atoms with Gasteiger partial charge in [-0.05, 0) is 48.9 Å². The van der Waals surface area contributed by atoms with Crippen LogP contribution in [0, 0.1) is 0 Å². The molecule has 1 aliphatic rings. The molecule has 1 atom stereocenters. The lowest BCUT2D eigenvalue weighted by Gasteiger charge is -2.19. The van der Waals surface area contributed by atoms with Crippen molar-refractivity contribution in [3.05, 3.63) is 90.1 Å². The number of hydrogen-bond acceptors (Lipinski definition) is 7. The van der Waals surface area contributed by atoms with E-state index in [0.717, 1.165) is 39.3 Å². The normalized spacial score (nSPS) is 14.2. The van der Waals surface area contributed by atoms with Crippen molar-refractivity contribution < 1.29 is 23.7 Å². The predicted molar refractivity (Wildman–Crippen MR) is 142 cm³/mol. The number of nitrogens with zero attached hydrogens (tertiary/aromatic N) is 2. The minimum atomic E-state index is -0.209. The third-order valence-corrected chi connectivity index (χ3v) is 6.25. The van der Waals surface area contributed by atoms with E-state index in [0.29, 0.717) is 38.4 Å². The average molecular weight is 499 g/mol. The Bertz CT molecular complexity index is 1390. The van der Waals surface area contributed by atoms with E-state index in [-0.39, 0.29) is 12.2 Å². The standard InChI is InChI=1S/C30H30N2O5/c1-3-34-30(33)16-15-29-32(2)27-14-13-25(18-28(27)37-29)35-19-21-7-6-9-24(17-21)36-20-23-12-11-22-8-4-5-10-26(22)31-23/h4-14,17-18,29H,3,15-16,19-20H2,1-2H3/t29-/m0/s1. The first-order chi connectivity index (χ1) is 18.1. The lowest BCUT2D eigenvalue weighted by atomic mass is 10.2. The first-order valence-corrected chi connectivity index (χ1v) is 12.5. The molecule has 0 bridgehead atoms. The first kappa shape index (κ1) is 24.4. The summed E-state index contributed by atoms with van der Waals surface area (Å²) in [6, 6.07) is 25.8. The molecule has 0 saturated carbocycles. The summed E-state index contributed by atoms with van der Waals surface area (Å²) in [4.78, 5) is 18.4. The van der Waals surface area contributed by atoms with Gasteiger partial charge in [-0.1, -0.05) is 36.4 Å². The van der Waals surface area contributed by atoms with E-state index in [1.165, 1.54) is 0 Å². The van der Waals surface area contributed by atoms with Crippen LogP contribution in [0.25, 0.3) is 10.9 Å². The van der Waals surface area contributed by atoms with Crippen LogP contribution < -0.4 is 19.1 Å². The van der Waals surface area contributed by atoms with Gasteiger partial charge in [0.1, 0.15) is 30.5 Å². The molecular weight excluding hydrogens is 468 g/mol. The van der Waals surface area contributed by atoms with Crippen molar-refractivity contribution in [1.82, 2.24) is 4.98 Å². The molecule has 0 aliphatic carbocycles. The zero-order valence-corrected chi connectivity index (χ0v) is 21.1. The van der Waals surface area contributed by atoms with Gasteiger partial charge in [0.25, 0.3) is 0 Å². The number of rotatable bonds is 10. The number of hydrogen-bond donors (Lipinski definition) is 0. The van der Waals surface area contributed by atoms with Gasteiger partial charge in [0.2, 0.25) is 0 Å². The lowest BCUT2D eigenvalue weighted by molar-refractivity contribution is -0.143. The summed E-state index contributed by atoms with van der Waals surface area (Å²) < 4.78 is 23.1. The molecule has 2 heterocycles. The second-order valence-corrected chi connectivity index (χ2v) is 8.88. The minimum absolute atomic E-state index is 0.208. The van der Waals surface area contributed by atoms with Crippen LogP contribution in [0.1, 0.15) is 31.0 Å². The van der Waals surface area contributed by atoms with Crippen LogP contribution in [0.2, 0.25) is 0 Å². The molecule has 0 spiro atoms. The van der Waals surface area contributed by atoms with Crippen molar-refractivity contribution in [3.8, 4) is 17.2 Å². The highest BCUT2D eigenvalue weighted by atomic mass is 16.5. The monoisotopic (exact) mass is 498 g/mol. The largest absolute Gasteiger partial charge is 0.489 e. The number of benzene rings is 3. The molecule has 1 aromatic heterocycles. The molecule has 37 heavy (non-hydrogen) atoms. The van der Waals surface area contributed by atoms with Crippen molar-refractivity contribution >= 4 is 22.6 Å². The van der Waals surface area contributed by atoms with Gasteiger partial charge in [-0.15, -0.1) is 0 Å². The lowest BCUT2D eigenvalue weighted by Crippen LogP contribution is -2.31. The van der Waals surface area contributed by atoms with E-state index >= 15 is 0 Å². The number of esters is 1. The van der Waals surface area contributed by atoms with Gasteiger partial charge in [-0.2, -0.15) is 0 Å². The minimum Gasteiger partial charge on any atom is -0.489 e. The van der Waals surface area contributed by atoms with Gasteiger partial charge in [0.15, 0.2) is 6.23 Å². The van der Waals surface area contributed by atoms with Crippen molar-refractivity contribution in [2.45, 2.75) is 39.2 Å². The fourth-order valence-electron chi connectivity index (χ4n) is 4.32. The van der Waals surface area contributed by atoms with E-state index in [2.05, 4.69) is 11.1 Å². The Kier molecular flexibility index (Phi) is 7.40. The summed E-state index contributed by atoms with van der Waals surface area (Å²) in [7, 11) is 1.96. The first-order valence-electron chi connectivity index (χ1n) is 12.5. The Morgan fingerprint density at radius 3 is 2.68 bits per heavy atom. The van der Waals surface area contributed by atoms with Crippen molar-refractivity contribution in [1.29, 1.82) is 0 Å². The van der Waals surface area contributed by atoms with Crippen molar-refractivity contribution in [3.63, 3.8) is 0 Å². The van der Waals surface area contributed by atoms with Gasteiger partial charge >= 0.3 is 5.97 Å². The zero-order valence-electron chi connectivity index (χ0n) is 21.1. The maximum atomic E-state index is 11.7. The summed E-state index contributed by atoms with van der Waals surface area (Å²) in [5.74, 6) is 2.01. The van der Waals surface area contributed by atoms with E-state index in [4.69, 9.17) is 18.9 Å². The topological polar surface area (TPSA) is 70.1 Å². The second kappa shape index (κ2) is 11.2. The van der Waals surface area contributed by atoms with Crippen molar-refractivity contribution in [2.24, 2.45) is 0 Å².